The SMILES string of the molecule is Cc1ccc(Nc2nc(-c3cccnc3)c(C)s2)cc1. The Kier molecular flexibility index (Phi) is 3.48. The molecule has 4 heteroatoms. The first-order chi connectivity index (χ1) is 9.72. The molecule has 2 aromatic heterocycles. The Bertz CT molecular complexity index is 702. The van der Waals surface area contributed by atoms with Gasteiger partial charge < -0.3 is 5.32 Å². The molecule has 3 aromatic rings. The molecule has 0 aliphatic rings. The predicted molar refractivity (Wildman–Crippen MR) is 84.5 cm³/mol. The molecule has 3 rings (SSSR count). The van der Waals surface area contributed by atoms with Crippen LogP contribution in [0.5, 0.6) is 0 Å². The molecular formula is C16H15N3S. The first kappa shape index (κ1) is 12.8. The third-order valence-electron chi connectivity index (χ3n) is 3.03. The van der Waals surface area contributed by atoms with Crippen molar-refractivity contribution in [3.8, 4) is 11.3 Å². The van der Waals surface area contributed by atoms with E-state index in [0.717, 1.165) is 22.1 Å². The van der Waals surface area contributed by atoms with E-state index in [1.807, 2.05) is 18.3 Å². The number of thiazole rings is 1. The van der Waals surface area contributed by atoms with E-state index in [2.05, 4.69) is 53.4 Å². The summed E-state index contributed by atoms with van der Waals surface area (Å²) in [6.45, 7) is 4.16. The molecule has 0 amide bonds. The highest BCUT2D eigenvalue weighted by Crippen LogP contribution is 2.31. The second-order valence-electron chi connectivity index (χ2n) is 4.66. The summed E-state index contributed by atoms with van der Waals surface area (Å²) in [4.78, 5) is 10.0. The third kappa shape index (κ3) is 2.70. The average Bonchev–Trinajstić information content (AvgIpc) is 2.83. The number of nitrogens with zero attached hydrogens (tertiary/aromatic N) is 2. The van der Waals surface area contributed by atoms with Gasteiger partial charge in [-0.2, -0.15) is 0 Å². The molecule has 0 radical (unpaired) electrons. The van der Waals surface area contributed by atoms with Gasteiger partial charge in [-0.05, 0) is 38.1 Å². The summed E-state index contributed by atoms with van der Waals surface area (Å²) in [5.41, 5.74) is 4.36. The molecule has 20 heavy (non-hydrogen) atoms. The molecule has 100 valence electrons. The van der Waals surface area contributed by atoms with Gasteiger partial charge >= 0.3 is 0 Å². The molecule has 3 nitrogen and oxygen atoms in total. The molecule has 0 aliphatic carbocycles. The minimum atomic E-state index is 0.908. The quantitative estimate of drug-likeness (QED) is 0.764. The first-order valence-corrected chi connectivity index (χ1v) is 7.25. The van der Waals surface area contributed by atoms with E-state index in [0.29, 0.717) is 0 Å². The Labute approximate surface area is 122 Å². The van der Waals surface area contributed by atoms with Crippen LogP contribution in [-0.2, 0) is 0 Å². The largest absolute Gasteiger partial charge is 0.332 e. The number of anilines is 2. The second-order valence-corrected chi connectivity index (χ2v) is 5.86. The molecule has 0 atom stereocenters. The van der Waals surface area contributed by atoms with Crippen LogP contribution in [0.4, 0.5) is 10.8 Å². The van der Waals surface area contributed by atoms with Crippen molar-refractivity contribution < 1.29 is 0 Å². The second kappa shape index (κ2) is 5.43. The summed E-state index contributed by atoms with van der Waals surface area (Å²) in [5, 5.41) is 4.26. The maximum atomic E-state index is 4.67. The Morgan fingerprint density at radius 3 is 2.55 bits per heavy atom. The Morgan fingerprint density at radius 2 is 1.85 bits per heavy atom. The van der Waals surface area contributed by atoms with Crippen LogP contribution in [0, 0.1) is 13.8 Å². The Hall–Kier alpha value is -2.20. The zero-order valence-corrected chi connectivity index (χ0v) is 12.2. The van der Waals surface area contributed by atoms with E-state index < -0.39 is 0 Å². The highest BCUT2D eigenvalue weighted by molar-refractivity contribution is 7.16. The maximum absolute atomic E-state index is 4.67. The van der Waals surface area contributed by atoms with Crippen LogP contribution in [0.25, 0.3) is 11.3 Å². The molecule has 1 aromatic carbocycles. The molecule has 0 bridgehead atoms. The standard InChI is InChI=1S/C16H15N3S/c1-11-5-7-14(8-6-11)18-16-19-15(12(2)20-16)13-4-3-9-17-10-13/h3-10H,1-2H3,(H,18,19). The van der Waals surface area contributed by atoms with Gasteiger partial charge in [0.05, 0.1) is 5.69 Å². The first-order valence-electron chi connectivity index (χ1n) is 6.44. The van der Waals surface area contributed by atoms with Gasteiger partial charge in [0.1, 0.15) is 0 Å². The maximum Gasteiger partial charge on any atom is 0.187 e. The van der Waals surface area contributed by atoms with Crippen LogP contribution >= 0.6 is 11.3 Å². The molecule has 0 fully saturated rings. The van der Waals surface area contributed by atoms with Crippen molar-refractivity contribution >= 4 is 22.2 Å². The number of pyridine rings is 1. The normalized spacial score (nSPS) is 10.5. The molecule has 2 heterocycles. The van der Waals surface area contributed by atoms with Crippen LogP contribution < -0.4 is 5.32 Å². The fourth-order valence-corrected chi connectivity index (χ4v) is 2.84. The van der Waals surface area contributed by atoms with Crippen LogP contribution in [0.15, 0.2) is 48.8 Å². The monoisotopic (exact) mass is 281 g/mol. The zero-order valence-electron chi connectivity index (χ0n) is 11.4. The van der Waals surface area contributed by atoms with Crippen LogP contribution in [0.2, 0.25) is 0 Å². The summed E-state index contributed by atoms with van der Waals surface area (Å²) >= 11 is 1.66. The van der Waals surface area contributed by atoms with Crippen LogP contribution in [0.3, 0.4) is 0 Å². The summed E-state index contributed by atoms with van der Waals surface area (Å²) in [6.07, 6.45) is 3.62. The van der Waals surface area contributed by atoms with E-state index in [1.54, 1.807) is 17.5 Å². The van der Waals surface area contributed by atoms with Crippen molar-refractivity contribution in [3.63, 3.8) is 0 Å². The summed E-state index contributed by atoms with van der Waals surface area (Å²) in [5.74, 6) is 0. The molecular weight excluding hydrogens is 266 g/mol. The van der Waals surface area contributed by atoms with Gasteiger partial charge in [0.25, 0.3) is 0 Å². The average molecular weight is 281 g/mol. The van der Waals surface area contributed by atoms with E-state index >= 15 is 0 Å². The minimum Gasteiger partial charge on any atom is -0.332 e. The van der Waals surface area contributed by atoms with Gasteiger partial charge in [-0.1, -0.05) is 17.7 Å². The topological polar surface area (TPSA) is 37.8 Å². The highest BCUT2D eigenvalue weighted by Gasteiger charge is 2.09. The lowest BCUT2D eigenvalue weighted by atomic mass is 10.2. The molecule has 0 saturated carbocycles. The third-order valence-corrected chi connectivity index (χ3v) is 3.92. The van der Waals surface area contributed by atoms with Crippen molar-refractivity contribution in [1.29, 1.82) is 0 Å². The molecule has 0 unspecified atom stereocenters. The molecule has 0 aliphatic heterocycles. The summed E-state index contributed by atoms with van der Waals surface area (Å²) < 4.78 is 0. The summed E-state index contributed by atoms with van der Waals surface area (Å²) in [7, 11) is 0. The fraction of sp³-hybridized carbons (Fsp3) is 0.125. The number of benzene rings is 1. The zero-order chi connectivity index (χ0) is 13.9. The number of nitrogens with one attached hydrogen (secondary N) is 1. The predicted octanol–water partition coefficient (Wildman–Crippen LogP) is 4.57. The smallest absolute Gasteiger partial charge is 0.187 e. The van der Waals surface area contributed by atoms with E-state index in [4.69, 9.17) is 0 Å². The summed E-state index contributed by atoms with van der Waals surface area (Å²) in [6, 6.07) is 12.3. The lowest BCUT2D eigenvalue weighted by molar-refractivity contribution is 1.29. The minimum absolute atomic E-state index is 0.908. The van der Waals surface area contributed by atoms with Crippen LogP contribution in [-0.4, -0.2) is 9.97 Å². The lowest BCUT2D eigenvalue weighted by Gasteiger charge is -2.02. The van der Waals surface area contributed by atoms with Gasteiger partial charge in [-0.25, -0.2) is 4.98 Å². The van der Waals surface area contributed by atoms with Gasteiger partial charge in [-0.3, -0.25) is 4.98 Å². The number of hydrogen-bond donors (Lipinski definition) is 1. The number of rotatable bonds is 3. The van der Waals surface area contributed by atoms with Crippen molar-refractivity contribution in [3.05, 3.63) is 59.2 Å². The molecule has 1 N–H and O–H groups in total. The van der Waals surface area contributed by atoms with E-state index in [-0.39, 0.29) is 0 Å². The van der Waals surface area contributed by atoms with Crippen molar-refractivity contribution in [2.24, 2.45) is 0 Å². The van der Waals surface area contributed by atoms with Crippen LogP contribution in [0.1, 0.15) is 10.4 Å². The molecule has 0 spiro atoms. The lowest BCUT2D eigenvalue weighted by Crippen LogP contribution is -1.89. The number of aryl methyl sites for hydroxylation is 2. The van der Waals surface area contributed by atoms with Crippen molar-refractivity contribution in [2.45, 2.75) is 13.8 Å². The van der Waals surface area contributed by atoms with Crippen molar-refractivity contribution in [1.82, 2.24) is 9.97 Å². The van der Waals surface area contributed by atoms with Gasteiger partial charge in [0, 0.05) is 28.5 Å². The number of aromatic nitrogens is 2. The van der Waals surface area contributed by atoms with Gasteiger partial charge in [0.2, 0.25) is 0 Å². The fourth-order valence-electron chi connectivity index (χ4n) is 1.98. The number of hydrogen-bond acceptors (Lipinski definition) is 4. The highest BCUT2D eigenvalue weighted by atomic mass is 32.1. The van der Waals surface area contributed by atoms with E-state index in [9.17, 15) is 0 Å². The van der Waals surface area contributed by atoms with E-state index in [1.165, 1.54) is 10.4 Å². The Morgan fingerprint density at radius 1 is 1.05 bits per heavy atom. The van der Waals surface area contributed by atoms with Gasteiger partial charge in [0.15, 0.2) is 5.13 Å². The van der Waals surface area contributed by atoms with Gasteiger partial charge in [-0.15, -0.1) is 11.3 Å². The molecule has 0 saturated heterocycles. The Balaban J connectivity index is 1.87. The van der Waals surface area contributed by atoms with Crippen molar-refractivity contribution in [2.75, 3.05) is 5.32 Å².